The Morgan fingerprint density at radius 1 is 1.20 bits per heavy atom. The lowest BCUT2D eigenvalue weighted by molar-refractivity contribution is 0.100. The van der Waals surface area contributed by atoms with E-state index in [1.165, 1.54) is 11.1 Å². The molecule has 2 aromatic rings. The maximum atomic E-state index is 11.2. The van der Waals surface area contributed by atoms with E-state index in [1.54, 1.807) is 12.1 Å². The van der Waals surface area contributed by atoms with E-state index in [0.717, 1.165) is 12.1 Å². The molecule has 0 aliphatic rings. The maximum absolute atomic E-state index is 11.2. The van der Waals surface area contributed by atoms with E-state index in [9.17, 15) is 4.79 Å². The van der Waals surface area contributed by atoms with Crippen LogP contribution in [-0.2, 0) is 6.42 Å². The summed E-state index contributed by atoms with van der Waals surface area (Å²) in [5.74, 6) is -0.409. The fourth-order valence-electron chi connectivity index (χ4n) is 2.14. The Kier molecular flexibility index (Phi) is 4.41. The monoisotopic (exact) mass is 268 g/mol. The summed E-state index contributed by atoms with van der Waals surface area (Å²) in [5.41, 5.74) is 9.25. The van der Waals surface area contributed by atoms with Crippen LogP contribution in [0.4, 0.5) is 5.69 Å². The first-order chi connectivity index (χ1) is 9.60. The number of nitrogens with one attached hydrogen (secondary N) is 1. The van der Waals surface area contributed by atoms with Crippen LogP contribution in [0.25, 0.3) is 0 Å². The average molecular weight is 268 g/mol. The predicted molar refractivity (Wildman–Crippen MR) is 82.8 cm³/mol. The summed E-state index contributed by atoms with van der Waals surface area (Å²) in [7, 11) is 0. The van der Waals surface area contributed by atoms with Crippen LogP contribution in [0.15, 0.2) is 48.5 Å². The first-order valence-corrected chi connectivity index (χ1v) is 6.85. The lowest BCUT2D eigenvalue weighted by Gasteiger charge is -2.16. The van der Waals surface area contributed by atoms with Crippen molar-refractivity contribution in [1.82, 2.24) is 0 Å². The zero-order valence-corrected chi connectivity index (χ0v) is 11.9. The third kappa shape index (κ3) is 3.38. The summed E-state index contributed by atoms with van der Waals surface area (Å²) in [6.07, 6.45) is 1.04. The van der Waals surface area contributed by atoms with Crippen LogP contribution in [0.3, 0.4) is 0 Å². The molecule has 0 aromatic heterocycles. The van der Waals surface area contributed by atoms with Crippen molar-refractivity contribution in [3.05, 3.63) is 65.2 Å². The van der Waals surface area contributed by atoms with Gasteiger partial charge in [0.1, 0.15) is 0 Å². The van der Waals surface area contributed by atoms with Gasteiger partial charge in [-0.3, -0.25) is 4.79 Å². The van der Waals surface area contributed by atoms with E-state index in [-0.39, 0.29) is 6.04 Å². The number of benzene rings is 2. The number of rotatable bonds is 5. The number of amides is 1. The Bertz CT molecular complexity index is 590. The molecule has 104 valence electrons. The molecule has 0 bridgehead atoms. The summed E-state index contributed by atoms with van der Waals surface area (Å²) < 4.78 is 0. The molecule has 0 saturated heterocycles. The van der Waals surface area contributed by atoms with E-state index < -0.39 is 5.91 Å². The van der Waals surface area contributed by atoms with E-state index in [4.69, 9.17) is 5.73 Å². The smallest absolute Gasteiger partial charge is 0.248 e. The van der Waals surface area contributed by atoms with Crippen molar-refractivity contribution in [1.29, 1.82) is 0 Å². The van der Waals surface area contributed by atoms with Gasteiger partial charge in [-0.2, -0.15) is 0 Å². The first kappa shape index (κ1) is 14.1. The Hall–Kier alpha value is -2.29. The quantitative estimate of drug-likeness (QED) is 0.871. The number of carbonyl (C=O) groups is 1. The van der Waals surface area contributed by atoms with Gasteiger partial charge in [0.15, 0.2) is 0 Å². The molecular formula is C17H20N2O. The van der Waals surface area contributed by atoms with Gasteiger partial charge in [0.2, 0.25) is 5.91 Å². The summed E-state index contributed by atoms with van der Waals surface area (Å²) in [6.45, 7) is 4.24. The van der Waals surface area contributed by atoms with Crippen LogP contribution >= 0.6 is 0 Å². The van der Waals surface area contributed by atoms with Crippen LogP contribution < -0.4 is 11.1 Å². The molecule has 0 aliphatic heterocycles. The topological polar surface area (TPSA) is 55.1 Å². The third-order valence-electron chi connectivity index (χ3n) is 3.42. The molecule has 0 heterocycles. The summed E-state index contributed by atoms with van der Waals surface area (Å²) in [5, 5.41) is 3.38. The lowest BCUT2D eigenvalue weighted by Crippen LogP contribution is -2.12. The second-order valence-corrected chi connectivity index (χ2v) is 4.91. The van der Waals surface area contributed by atoms with Crippen LogP contribution in [0.1, 0.15) is 41.4 Å². The van der Waals surface area contributed by atoms with E-state index in [1.807, 2.05) is 12.1 Å². The molecule has 2 rings (SSSR count). The number of hydrogen-bond acceptors (Lipinski definition) is 2. The molecule has 0 fully saturated rings. The van der Waals surface area contributed by atoms with Gasteiger partial charge in [-0.05, 0) is 42.7 Å². The molecule has 2 aromatic carbocycles. The third-order valence-corrected chi connectivity index (χ3v) is 3.42. The van der Waals surface area contributed by atoms with Gasteiger partial charge in [-0.25, -0.2) is 0 Å². The Morgan fingerprint density at radius 2 is 1.90 bits per heavy atom. The van der Waals surface area contributed by atoms with Gasteiger partial charge < -0.3 is 11.1 Å². The van der Waals surface area contributed by atoms with Crippen LogP contribution in [-0.4, -0.2) is 5.91 Å². The zero-order chi connectivity index (χ0) is 14.5. The van der Waals surface area contributed by atoms with Gasteiger partial charge in [0.05, 0.1) is 0 Å². The van der Waals surface area contributed by atoms with E-state index in [2.05, 4.69) is 43.4 Å². The van der Waals surface area contributed by atoms with Crippen LogP contribution in [0, 0.1) is 0 Å². The summed E-state index contributed by atoms with van der Waals surface area (Å²) >= 11 is 0. The molecule has 1 unspecified atom stereocenters. The van der Waals surface area contributed by atoms with E-state index in [0.29, 0.717) is 5.56 Å². The fourth-order valence-corrected chi connectivity index (χ4v) is 2.14. The number of hydrogen-bond donors (Lipinski definition) is 2. The van der Waals surface area contributed by atoms with Gasteiger partial charge in [-0.15, -0.1) is 0 Å². The Balaban J connectivity index is 2.12. The van der Waals surface area contributed by atoms with Crippen molar-refractivity contribution >= 4 is 11.6 Å². The van der Waals surface area contributed by atoms with Gasteiger partial charge in [-0.1, -0.05) is 37.3 Å². The minimum Gasteiger partial charge on any atom is -0.379 e. The molecule has 0 spiro atoms. The average Bonchev–Trinajstić information content (AvgIpc) is 2.47. The molecule has 20 heavy (non-hydrogen) atoms. The summed E-state index contributed by atoms with van der Waals surface area (Å²) in [6, 6.07) is 16.0. The number of aryl methyl sites for hydroxylation is 1. The SMILES string of the molecule is CCc1ccc(C(C)Nc2cccc(C(N)=O)c2)cc1. The number of primary amides is 1. The zero-order valence-electron chi connectivity index (χ0n) is 11.9. The molecule has 3 N–H and O–H groups in total. The van der Waals surface area contributed by atoms with Crippen LogP contribution in [0.5, 0.6) is 0 Å². The molecule has 0 radical (unpaired) electrons. The lowest BCUT2D eigenvalue weighted by atomic mass is 10.0. The Labute approximate surface area is 119 Å². The van der Waals surface area contributed by atoms with Gasteiger partial charge in [0.25, 0.3) is 0 Å². The fraction of sp³-hybridized carbons (Fsp3) is 0.235. The number of nitrogens with two attached hydrogens (primary N) is 1. The van der Waals surface area contributed by atoms with Gasteiger partial charge in [0, 0.05) is 17.3 Å². The second-order valence-electron chi connectivity index (χ2n) is 4.91. The van der Waals surface area contributed by atoms with Crippen molar-refractivity contribution in [2.24, 2.45) is 5.73 Å². The van der Waals surface area contributed by atoms with Crippen molar-refractivity contribution in [3.63, 3.8) is 0 Å². The van der Waals surface area contributed by atoms with E-state index >= 15 is 0 Å². The highest BCUT2D eigenvalue weighted by atomic mass is 16.1. The van der Waals surface area contributed by atoms with Crippen molar-refractivity contribution < 1.29 is 4.79 Å². The number of carbonyl (C=O) groups excluding carboxylic acids is 1. The van der Waals surface area contributed by atoms with Gasteiger partial charge >= 0.3 is 0 Å². The van der Waals surface area contributed by atoms with Crippen LogP contribution in [0.2, 0.25) is 0 Å². The largest absolute Gasteiger partial charge is 0.379 e. The highest BCUT2D eigenvalue weighted by molar-refractivity contribution is 5.93. The minimum absolute atomic E-state index is 0.170. The normalized spacial score (nSPS) is 11.9. The highest BCUT2D eigenvalue weighted by Crippen LogP contribution is 2.20. The van der Waals surface area contributed by atoms with Crippen molar-refractivity contribution in [2.75, 3.05) is 5.32 Å². The predicted octanol–water partition coefficient (Wildman–Crippen LogP) is 3.52. The molecule has 3 nitrogen and oxygen atoms in total. The second kappa shape index (κ2) is 6.24. The maximum Gasteiger partial charge on any atom is 0.248 e. The standard InChI is InChI=1S/C17H20N2O/c1-3-13-7-9-14(10-8-13)12(2)19-16-6-4-5-15(11-16)17(18)20/h4-12,19H,3H2,1-2H3,(H2,18,20). The van der Waals surface area contributed by atoms with Crippen molar-refractivity contribution in [3.8, 4) is 0 Å². The Morgan fingerprint density at radius 3 is 2.50 bits per heavy atom. The number of anilines is 1. The molecule has 1 amide bonds. The molecule has 0 aliphatic carbocycles. The highest BCUT2D eigenvalue weighted by Gasteiger charge is 2.07. The summed E-state index contributed by atoms with van der Waals surface area (Å²) in [4.78, 5) is 11.2. The molecule has 3 heteroatoms. The van der Waals surface area contributed by atoms with Crippen molar-refractivity contribution in [2.45, 2.75) is 26.3 Å². The molecule has 1 atom stereocenters. The first-order valence-electron chi connectivity index (χ1n) is 6.85. The molecular weight excluding hydrogens is 248 g/mol. The minimum atomic E-state index is -0.409. The molecule has 0 saturated carbocycles.